The van der Waals surface area contributed by atoms with Crippen molar-refractivity contribution in [2.45, 2.75) is 26.2 Å². The Morgan fingerprint density at radius 2 is 2.20 bits per heavy atom. The second kappa shape index (κ2) is 5.95. The molecule has 1 fully saturated rings. The van der Waals surface area contributed by atoms with Crippen LogP contribution in [-0.4, -0.2) is 35.0 Å². The van der Waals surface area contributed by atoms with Crippen LogP contribution in [0.25, 0.3) is 0 Å². The van der Waals surface area contributed by atoms with Gasteiger partial charge in [0.25, 0.3) is 5.91 Å². The summed E-state index contributed by atoms with van der Waals surface area (Å²) < 4.78 is 0.848. The van der Waals surface area contributed by atoms with Crippen LogP contribution in [0.5, 0.6) is 0 Å². The quantitative estimate of drug-likeness (QED) is 0.920. The van der Waals surface area contributed by atoms with Gasteiger partial charge in [-0.15, -0.1) is 0 Å². The standard InChI is InChI=1S/C15H18BrNO3/c1-2-15(14(19)20)7-4-8-17(10-15)13(18)11-5-3-6-12(16)9-11/h3,5-6,9H,2,4,7-8,10H2,1H3,(H,19,20). The Morgan fingerprint density at radius 1 is 1.45 bits per heavy atom. The molecule has 1 atom stereocenters. The van der Waals surface area contributed by atoms with Crippen molar-refractivity contribution in [3.8, 4) is 0 Å². The molecule has 108 valence electrons. The lowest BCUT2D eigenvalue weighted by atomic mass is 9.77. The maximum atomic E-state index is 12.5. The summed E-state index contributed by atoms with van der Waals surface area (Å²) in [6.07, 6.45) is 1.92. The molecule has 1 unspecified atom stereocenters. The minimum absolute atomic E-state index is 0.0925. The summed E-state index contributed by atoms with van der Waals surface area (Å²) in [6.45, 7) is 2.80. The Labute approximate surface area is 126 Å². The average Bonchev–Trinajstić information content (AvgIpc) is 2.46. The van der Waals surface area contributed by atoms with Gasteiger partial charge in [-0.3, -0.25) is 9.59 Å². The highest BCUT2D eigenvalue weighted by Gasteiger charge is 2.42. The highest BCUT2D eigenvalue weighted by molar-refractivity contribution is 9.10. The number of benzene rings is 1. The molecule has 0 radical (unpaired) electrons. The normalized spacial score (nSPS) is 22.6. The Bertz CT molecular complexity index is 532. The van der Waals surface area contributed by atoms with E-state index in [9.17, 15) is 14.7 Å². The highest BCUT2D eigenvalue weighted by Crippen LogP contribution is 2.34. The first kappa shape index (κ1) is 15.0. The predicted molar refractivity (Wildman–Crippen MR) is 79.6 cm³/mol. The van der Waals surface area contributed by atoms with Gasteiger partial charge in [0.1, 0.15) is 0 Å². The molecule has 1 amide bonds. The molecule has 0 bridgehead atoms. The van der Waals surface area contributed by atoms with E-state index in [1.165, 1.54) is 0 Å². The van der Waals surface area contributed by atoms with Crippen LogP contribution in [0.15, 0.2) is 28.7 Å². The van der Waals surface area contributed by atoms with E-state index in [-0.39, 0.29) is 5.91 Å². The lowest BCUT2D eigenvalue weighted by Crippen LogP contribution is -2.49. The van der Waals surface area contributed by atoms with Crippen molar-refractivity contribution in [1.29, 1.82) is 0 Å². The Hall–Kier alpha value is -1.36. The number of piperidine rings is 1. The number of likely N-dealkylation sites (tertiary alicyclic amines) is 1. The first-order valence-electron chi connectivity index (χ1n) is 6.77. The van der Waals surface area contributed by atoms with Crippen LogP contribution in [0.4, 0.5) is 0 Å². The second-order valence-electron chi connectivity index (χ2n) is 5.28. The lowest BCUT2D eigenvalue weighted by molar-refractivity contribution is -0.152. The van der Waals surface area contributed by atoms with E-state index in [0.717, 1.165) is 10.9 Å². The number of aliphatic carboxylic acids is 1. The molecule has 1 aliphatic heterocycles. The smallest absolute Gasteiger partial charge is 0.311 e. The number of nitrogens with zero attached hydrogens (tertiary/aromatic N) is 1. The zero-order valence-electron chi connectivity index (χ0n) is 11.4. The number of carboxylic acid groups (broad SMARTS) is 1. The van der Waals surface area contributed by atoms with Gasteiger partial charge in [-0.25, -0.2) is 0 Å². The molecule has 5 heteroatoms. The third kappa shape index (κ3) is 2.87. The van der Waals surface area contributed by atoms with Gasteiger partial charge in [0, 0.05) is 23.1 Å². The van der Waals surface area contributed by atoms with Gasteiger partial charge >= 0.3 is 5.97 Å². The van der Waals surface area contributed by atoms with Crippen molar-refractivity contribution < 1.29 is 14.7 Å². The lowest BCUT2D eigenvalue weighted by Gasteiger charge is -2.39. The summed E-state index contributed by atoms with van der Waals surface area (Å²) in [5, 5.41) is 9.46. The third-order valence-corrected chi connectivity index (χ3v) is 4.56. The molecule has 0 aliphatic carbocycles. The van der Waals surface area contributed by atoms with E-state index in [4.69, 9.17) is 0 Å². The molecule has 20 heavy (non-hydrogen) atoms. The van der Waals surface area contributed by atoms with Crippen molar-refractivity contribution in [3.63, 3.8) is 0 Å². The van der Waals surface area contributed by atoms with Crippen LogP contribution in [0.1, 0.15) is 36.5 Å². The second-order valence-corrected chi connectivity index (χ2v) is 6.20. The molecule has 1 saturated heterocycles. The largest absolute Gasteiger partial charge is 0.481 e. The van der Waals surface area contributed by atoms with Gasteiger partial charge < -0.3 is 10.0 Å². The zero-order chi connectivity index (χ0) is 14.8. The van der Waals surface area contributed by atoms with Gasteiger partial charge in [-0.2, -0.15) is 0 Å². The molecule has 1 heterocycles. The molecule has 1 N–H and O–H groups in total. The summed E-state index contributed by atoms with van der Waals surface area (Å²) in [7, 11) is 0. The van der Waals surface area contributed by atoms with E-state index < -0.39 is 11.4 Å². The van der Waals surface area contributed by atoms with E-state index in [1.807, 2.05) is 19.1 Å². The number of carboxylic acids is 1. The maximum Gasteiger partial charge on any atom is 0.311 e. The number of carbonyl (C=O) groups excluding carboxylic acids is 1. The van der Waals surface area contributed by atoms with Gasteiger partial charge in [-0.1, -0.05) is 28.9 Å². The van der Waals surface area contributed by atoms with Gasteiger partial charge in [0.05, 0.1) is 5.41 Å². The average molecular weight is 340 g/mol. The number of carbonyl (C=O) groups is 2. The third-order valence-electron chi connectivity index (χ3n) is 4.07. The number of hydrogen-bond donors (Lipinski definition) is 1. The van der Waals surface area contributed by atoms with Gasteiger partial charge in [0.2, 0.25) is 0 Å². The number of amides is 1. The molecule has 1 aromatic carbocycles. The first-order valence-corrected chi connectivity index (χ1v) is 7.56. The molecule has 0 spiro atoms. The molecule has 1 aromatic rings. The van der Waals surface area contributed by atoms with Crippen LogP contribution < -0.4 is 0 Å². The molecule has 1 aliphatic rings. The topological polar surface area (TPSA) is 57.6 Å². The summed E-state index contributed by atoms with van der Waals surface area (Å²) in [5.41, 5.74) is -0.198. The maximum absolute atomic E-state index is 12.5. The van der Waals surface area contributed by atoms with Crippen LogP contribution in [0.3, 0.4) is 0 Å². The van der Waals surface area contributed by atoms with Crippen LogP contribution in [-0.2, 0) is 4.79 Å². The highest BCUT2D eigenvalue weighted by atomic mass is 79.9. The van der Waals surface area contributed by atoms with E-state index in [1.54, 1.807) is 17.0 Å². The van der Waals surface area contributed by atoms with Crippen molar-refractivity contribution in [2.24, 2.45) is 5.41 Å². The molecule has 0 saturated carbocycles. The Kier molecular flexibility index (Phi) is 4.48. The van der Waals surface area contributed by atoms with Crippen molar-refractivity contribution >= 4 is 27.8 Å². The summed E-state index contributed by atoms with van der Waals surface area (Å²) >= 11 is 3.35. The summed E-state index contributed by atoms with van der Waals surface area (Å²) in [6, 6.07) is 7.20. The zero-order valence-corrected chi connectivity index (χ0v) is 13.0. The fourth-order valence-corrected chi connectivity index (χ4v) is 3.12. The van der Waals surface area contributed by atoms with E-state index in [2.05, 4.69) is 15.9 Å². The minimum Gasteiger partial charge on any atom is -0.481 e. The van der Waals surface area contributed by atoms with Gasteiger partial charge in [0.15, 0.2) is 0 Å². The number of halogens is 1. The molecule has 2 rings (SSSR count). The Morgan fingerprint density at radius 3 is 2.80 bits per heavy atom. The van der Waals surface area contributed by atoms with Crippen LogP contribution >= 0.6 is 15.9 Å². The molecule has 0 aromatic heterocycles. The number of hydrogen-bond acceptors (Lipinski definition) is 2. The first-order chi connectivity index (χ1) is 9.48. The predicted octanol–water partition coefficient (Wildman–Crippen LogP) is 3.17. The fourth-order valence-electron chi connectivity index (χ4n) is 2.72. The van der Waals surface area contributed by atoms with Crippen molar-refractivity contribution in [1.82, 2.24) is 4.90 Å². The Balaban J connectivity index is 2.21. The van der Waals surface area contributed by atoms with Crippen LogP contribution in [0.2, 0.25) is 0 Å². The van der Waals surface area contributed by atoms with E-state index in [0.29, 0.717) is 31.5 Å². The minimum atomic E-state index is -0.799. The monoisotopic (exact) mass is 339 g/mol. The van der Waals surface area contributed by atoms with E-state index >= 15 is 0 Å². The number of rotatable bonds is 3. The SMILES string of the molecule is CCC1(C(=O)O)CCCN(C(=O)c2cccc(Br)c2)C1. The van der Waals surface area contributed by atoms with Gasteiger partial charge in [-0.05, 0) is 37.5 Å². The molecule has 4 nitrogen and oxygen atoms in total. The van der Waals surface area contributed by atoms with Crippen LogP contribution in [0, 0.1) is 5.41 Å². The molecular weight excluding hydrogens is 322 g/mol. The van der Waals surface area contributed by atoms with Crippen molar-refractivity contribution in [2.75, 3.05) is 13.1 Å². The molecular formula is C15H18BrNO3. The van der Waals surface area contributed by atoms with Crippen molar-refractivity contribution in [3.05, 3.63) is 34.3 Å². The summed E-state index contributed by atoms with van der Waals surface area (Å²) in [4.78, 5) is 25.7. The fraction of sp³-hybridized carbons (Fsp3) is 0.467. The summed E-state index contributed by atoms with van der Waals surface area (Å²) in [5.74, 6) is -0.892.